The molecular formula is C17H18N2O5S. The number of benzene rings is 2. The Labute approximate surface area is 146 Å². The number of carbonyl (C=O) groups is 2. The van der Waals surface area contributed by atoms with Gasteiger partial charge in [-0.05, 0) is 31.2 Å². The number of sulfonamides is 1. The van der Waals surface area contributed by atoms with Crippen LogP contribution in [0.1, 0.15) is 17.3 Å². The van der Waals surface area contributed by atoms with Crippen LogP contribution in [0.2, 0.25) is 0 Å². The van der Waals surface area contributed by atoms with Crippen molar-refractivity contribution in [3.63, 3.8) is 0 Å². The first-order chi connectivity index (χ1) is 11.7. The van der Waals surface area contributed by atoms with E-state index in [9.17, 15) is 18.0 Å². The van der Waals surface area contributed by atoms with Gasteiger partial charge in [0.1, 0.15) is 5.75 Å². The molecule has 0 radical (unpaired) electrons. The van der Waals surface area contributed by atoms with Crippen LogP contribution in [0.4, 0.5) is 11.4 Å². The molecule has 2 aromatic rings. The Hall–Kier alpha value is -2.87. The maximum atomic E-state index is 12.0. The van der Waals surface area contributed by atoms with Gasteiger partial charge in [-0.1, -0.05) is 24.3 Å². The normalized spacial score (nSPS) is 10.8. The van der Waals surface area contributed by atoms with E-state index in [-0.39, 0.29) is 18.1 Å². The number of ketones is 1. The van der Waals surface area contributed by atoms with E-state index in [0.717, 1.165) is 6.26 Å². The summed E-state index contributed by atoms with van der Waals surface area (Å²) in [6.45, 7) is 1.16. The van der Waals surface area contributed by atoms with E-state index in [1.54, 1.807) is 42.5 Å². The number of ether oxygens (including phenoxy) is 1. The minimum absolute atomic E-state index is 0.101. The largest absolute Gasteiger partial charge is 0.484 e. The lowest BCUT2D eigenvalue weighted by Crippen LogP contribution is -2.21. The maximum absolute atomic E-state index is 12.0. The molecule has 0 fully saturated rings. The summed E-state index contributed by atoms with van der Waals surface area (Å²) < 4.78 is 30.4. The smallest absolute Gasteiger partial charge is 0.262 e. The third-order valence-corrected chi connectivity index (χ3v) is 3.70. The first kappa shape index (κ1) is 18.5. The molecule has 0 unspecified atom stereocenters. The van der Waals surface area contributed by atoms with Crippen molar-refractivity contribution in [1.29, 1.82) is 0 Å². The van der Waals surface area contributed by atoms with Crippen molar-refractivity contribution in [2.45, 2.75) is 6.92 Å². The minimum Gasteiger partial charge on any atom is -0.484 e. The maximum Gasteiger partial charge on any atom is 0.262 e. The van der Waals surface area contributed by atoms with Crippen LogP contribution in [-0.2, 0) is 14.8 Å². The van der Waals surface area contributed by atoms with Gasteiger partial charge in [-0.3, -0.25) is 14.3 Å². The molecule has 0 saturated carbocycles. The van der Waals surface area contributed by atoms with Crippen LogP contribution in [0.3, 0.4) is 0 Å². The first-order valence-corrected chi connectivity index (χ1v) is 9.24. The lowest BCUT2D eigenvalue weighted by Gasteiger charge is -2.12. The predicted octanol–water partition coefficient (Wildman–Crippen LogP) is 2.28. The fourth-order valence-corrected chi connectivity index (χ4v) is 2.60. The van der Waals surface area contributed by atoms with E-state index < -0.39 is 15.9 Å². The molecule has 8 heteroatoms. The van der Waals surface area contributed by atoms with Crippen LogP contribution < -0.4 is 14.8 Å². The Morgan fingerprint density at radius 1 is 1.04 bits per heavy atom. The van der Waals surface area contributed by atoms with Gasteiger partial charge in [0, 0.05) is 5.56 Å². The zero-order valence-corrected chi connectivity index (χ0v) is 14.6. The third-order valence-electron chi connectivity index (χ3n) is 3.11. The van der Waals surface area contributed by atoms with E-state index in [4.69, 9.17) is 4.74 Å². The van der Waals surface area contributed by atoms with Crippen molar-refractivity contribution in [3.8, 4) is 5.75 Å². The summed E-state index contributed by atoms with van der Waals surface area (Å²) in [6, 6.07) is 12.9. The number of nitrogens with one attached hydrogen (secondary N) is 2. The van der Waals surface area contributed by atoms with Gasteiger partial charge in [-0.15, -0.1) is 0 Å². The van der Waals surface area contributed by atoms with Crippen LogP contribution in [0.15, 0.2) is 48.5 Å². The van der Waals surface area contributed by atoms with E-state index in [0.29, 0.717) is 17.0 Å². The van der Waals surface area contributed by atoms with Crippen molar-refractivity contribution < 1.29 is 22.7 Å². The Morgan fingerprint density at radius 2 is 1.72 bits per heavy atom. The average molecular weight is 362 g/mol. The monoisotopic (exact) mass is 362 g/mol. The van der Waals surface area contributed by atoms with Gasteiger partial charge < -0.3 is 10.1 Å². The molecule has 0 heterocycles. The van der Waals surface area contributed by atoms with Crippen LogP contribution in [0, 0.1) is 0 Å². The van der Waals surface area contributed by atoms with E-state index in [1.807, 2.05) is 0 Å². The zero-order chi connectivity index (χ0) is 18.4. The van der Waals surface area contributed by atoms with Crippen molar-refractivity contribution in [1.82, 2.24) is 0 Å². The highest BCUT2D eigenvalue weighted by Gasteiger charge is 2.10. The number of Topliss-reactive ketones (excluding diaryl/α,β-unsaturated/α-hetero) is 1. The Morgan fingerprint density at radius 3 is 2.36 bits per heavy atom. The van der Waals surface area contributed by atoms with Crippen LogP contribution in [-0.4, -0.2) is 33.0 Å². The lowest BCUT2D eigenvalue weighted by molar-refractivity contribution is -0.118. The van der Waals surface area contributed by atoms with E-state index in [2.05, 4.69) is 10.0 Å². The molecule has 7 nitrogen and oxygen atoms in total. The summed E-state index contributed by atoms with van der Waals surface area (Å²) in [5.74, 6) is -0.169. The first-order valence-electron chi connectivity index (χ1n) is 7.35. The molecule has 0 aromatic heterocycles. The average Bonchev–Trinajstić information content (AvgIpc) is 2.54. The van der Waals surface area contributed by atoms with Gasteiger partial charge in [0.2, 0.25) is 10.0 Å². The summed E-state index contributed by atoms with van der Waals surface area (Å²) in [5, 5.41) is 2.58. The van der Waals surface area contributed by atoms with Crippen molar-refractivity contribution in [2.75, 3.05) is 22.9 Å². The molecular weight excluding hydrogens is 344 g/mol. The van der Waals surface area contributed by atoms with Gasteiger partial charge in [0.05, 0.1) is 17.6 Å². The molecule has 25 heavy (non-hydrogen) atoms. The summed E-state index contributed by atoms with van der Waals surface area (Å²) in [7, 11) is -3.47. The SMILES string of the molecule is CC(=O)c1cccc(OCC(=O)Nc2ccccc2NS(C)(=O)=O)c1. The number of para-hydroxylation sites is 2. The Bertz CT molecular complexity index is 893. The molecule has 132 valence electrons. The lowest BCUT2D eigenvalue weighted by atomic mass is 10.1. The Balaban J connectivity index is 2.01. The number of amides is 1. The number of hydrogen-bond donors (Lipinski definition) is 2. The van der Waals surface area contributed by atoms with E-state index >= 15 is 0 Å². The van der Waals surface area contributed by atoms with Crippen molar-refractivity contribution >= 4 is 33.1 Å². The van der Waals surface area contributed by atoms with Gasteiger partial charge >= 0.3 is 0 Å². The van der Waals surface area contributed by atoms with Crippen LogP contribution in [0.5, 0.6) is 5.75 Å². The highest BCUT2D eigenvalue weighted by Crippen LogP contribution is 2.22. The number of anilines is 2. The predicted molar refractivity (Wildman–Crippen MR) is 95.5 cm³/mol. The molecule has 0 atom stereocenters. The number of carbonyl (C=O) groups excluding carboxylic acids is 2. The molecule has 0 aliphatic rings. The molecule has 0 aliphatic heterocycles. The zero-order valence-electron chi connectivity index (χ0n) is 13.8. The van der Waals surface area contributed by atoms with Crippen LogP contribution in [0.25, 0.3) is 0 Å². The second-order valence-electron chi connectivity index (χ2n) is 5.34. The molecule has 2 aromatic carbocycles. The quantitative estimate of drug-likeness (QED) is 0.736. The fourth-order valence-electron chi connectivity index (χ4n) is 2.02. The standard InChI is InChI=1S/C17H18N2O5S/c1-12(20)13-6-5-7-14(10-13)24-11-17(21)18-15-8-3-4-9-16(15)19-25(2,22)23/h3-10,19H,11H2,1-2H3,(H,18,21). The molecule has 0 saturated heterocycles. The van der Waals surface area contributed by atoms with Gasteiger partial charge in [-0.2, -0.15) is 0 Å². The minimum atomic E-state index is -3.47. The summed E-state index contributed by atoms with van der Waals surface area (Å²) in [4.78, 5) is 23.4. The number of rotatable bonds is 7. The number of hydrogen-bond acceptors (Lipinski definition) is 5. The van der Waals surface area contributed by atoms with Crippen molar-refractivity contribution in [3.05, 3.63) is 54.1 Å². The molecule has 2 N–H and O–H groups in total. The summed E-state index contributed by atoms with van der Waals surface area (Å²) >= 11 is 0. The summed E-state index contributed by atoms with van der Waals surface area (Å²) in [6.07, 6.45) is 1.02. The van der Waals surface area contributed by atoms with Crippen LogP contribution >= 0.6 is 0 Å². The van der Waals surface area contributed by atoms with E-state index in [1.165, 1.54) is 13.0 Å². The third kappa shape index (κ3) is 5.92. The Kier molecular flexibility index (Phi) is 5.76. The topological polar surface area (TPSA) is 102 Å². The van der Waals surface area contributed by atoms with Crippen molar-refractivity contribution in [2.24, 2.45) is 0 Å². The summed E-state index contributed by atoms with van der Waals surface area (Å²) in [5.41, 5.74) is 1.07. The van der Waals surface area contributed by atoms with Gasteiger partial charge in [0.25, 0.3) is 5.91 Å². The molecule has 0 bridgehead atoms. The second-order valence-corrected chi connectivity index (χ2v) is 7.09. The highest BCUT2D eigenvalue weighted by atomic mass is 32.2. The van der Waals surface area contributed by atoms with Gasteiger partial charge in [0.15, 0.2) is 12.4 Å². The molecule has 0 aliphatic carbocycles. The molecule has 0 spiro atoms. The van der Waals surface area contributed by atoms with Gasteiger partial charge in [-0.25, -0.2) is 8.42 Å². The second kappa shape index (κ2) is 7.80. The fraction of sp³-hybridized carbons (Fsp3) is 0.176. The molecule has 2 rings (SSSR count). The highest BCUT2D eigenvalue weighted by molar-refractivity contribution is 7.92. The molecule has 1 amide bonds.